The molecule has 0 radical (unpaired) electrons. The molecule has 0 saturated carbocycles. The molecule has 0 atom stereocenters. The molecular weight excluding hydrogens is 340 g/mol. The number of hydrogen-bond acceptors (Lipinski definition) is 6. The van der Waals surface area contributed by atoms with E-state index in [0.717, 1.165) is 13.0 Å². The van der Waals surface area contributed by atoms with Crippen molar-refractivity contribution in [3.8, 4) is 6.07 Å². The Balaban J connectivity index is 1.62. The van der Waals surface area contributed by atoms with Crippen LogP contribution in [0.1, 0.15) is 21.6 Å². The largest absolute Gasteiger partial charge is 0.358 e. The molecule has 0 aliphatic carbocycles. The van der Waals surface area contributed by atoms with E-state index >= 15 is 0 Å². The summed E-state index contributed by atoms with van der Waals surface area (Å²) in [5, 5.41) is 19.9. The molecule has 1 aromatic carbocycles. The van der Waals surface area contributed by atoms with Crippen LogP contribution in [0.2, 0.25) is 0 Å². The normalized spacial score (nSPS) is 10.1. The van der Waals surface area contributed by atoms with Crippen molar-refractivity contribution >= 4 is 17.4 Å². The molecule has 0 aliphatic rings. The Labute approximate surface area is 157 Å². The molecule has 134 valence electrons. The molecule has 3 rings (SSSR count). The van der Waals surface area contributed by atoms with Crippen LogP contribution in [0.5, 0.6) is 0 Å². The predicted octanol–water partition coefficient (Wildman–Crippen LogP) is 2.67. The second kappa shape index (κ2) is 8.54. The van der Waals surface area contributed by atoms with E-state index in [9.17, 15) is 4.79 Å². The third-order valence-electron chi connectivity index (χ3n) is 4.06. The molecule has 7 heteroatoms. The summed E-state index contributed by atoms with van der Waals surface area (Å²) in [6.07, 6.45) is 4.40. The number of likely N-dealkylation sites (N-methyl/N-ethyl adjacent to an activating group) is 1. The number of benzene rings is 1. The number of carbonyl (C=O) groups excluding carboxylic acids is 1. The summed E-state index contributed by atoms with van der Waals surface area (Å²) >= 11 is 0. The summed E-state index contributed by atoms with van der Waals surface area (Å²) in [5.41, 5.74) is 2.22. The number of aromatic nitrogens is 3. The molecule has 3 aromatic rings. The van der Waals surface area contributed by atoms with E-state index in [1.807, 2.05) is 30.1 Å². The number of rotatable bonds is 6. The lowest BCUT2D eigenvalue weighted by Crippen LogP contribution is -2.22. The summed E-state index contributed by atoms with van der Waals surface area (Å²) < 4.78 is 0. The molecular formula is C20H18N6O. The summed E-state index contributed by atoms with van der Waals surface area (Å²) in [6.45, 7) is 0.764. The SMILES string of the molecule is CN(CCc1ccncc1)c1ccc(C(=O)Nc2ccccc2C#N)nn1. The van der Waals surface area contributed by atoms with Crippen molar-refractivity contribution in [1.29, 1.82) is 5.26 Å². The van der Waals surface area contributed by atoms with Crippen LogP contribution in [0.3, 0.4) is 0 Å². The van der Waals surface area contributed by atoms with Crippen molar-refractivity contribution in [2.45, 2.75) is 6.42 Å². The van der Waals surface area contributed by atoms with Crippen LogP contribution in [0, 0.1) is 11.3 Å². The van der Waals surface area contributed by atoms with E-state index < -0.39 is 5.91 Å². The second-order valence-corrected chi connectivity index (χ2v) is 5.92. The van der Waals surface area contributed by atoms with E-state index in [1.54, 1.807) is 48.8 Å². The summed E-state index contributed by atoms with van der Waals surface area (Å²) in [5.74, 6) is 0.272. The molecule has 2 heterocycles. The molecule has 2 aromatic heterocycles. The van der Waals surface area contributed by atoms with Gasteiger partial charge < -0.3 is 10.2 Å². The molecule has 0 bridgehead atoms. The smallest absolute Gasteiger partial charge is 0.276 e. The predicted molar refractivity (Wildman–Crippen MR) is 102 cm³/mol. The van der Waals surface area contributed by atoms with E-state index in [4.69, 9.17) is 5.26 Å². The van der Waals surface area contributed by atoms with Gasteiger partial charge in [0.1, 0.15) is 6.07 Å². The van der Waals surface area contributed by atoms with Gasteiger partial charge in [0, 0.05) is 26.0 Å². The molecule has 0 spiro atoms. The second-order valence-electron chi connectivity index (χ2n) is 5.92. The molecule has 27 heavy (non-hydrogen) atoms. The van der Waals surface area contributed by atoms with Crippen LogP contribution in [0.4, 0.5) is 11.5 Å². The lowest BCUT2D eigenvalue weighted by Gasteiger charge is -2.17. The number of nitriles is 1. The number of nitrogens with one attached hydrogen (secondary N) is 1. The first-order valence-corrected chi connectivity index (χ1v) is 8.41. The van der Waals surface area contributed by atoms with Crippen molar-refractivity contribution in [2.24, 2.45) is 0 Å². The highest BCUT2D eigenvalue weighted by atomic mass is 16.1. The Hall–Kier alpha value is -3.79. The zero-order valence-corrected chi connectivity index (χ0v) is 14.8. The molecule has 0 aliphatic heterocycles. The topological polar surface area (TPSA) is 94.8 Å². The Morgan fingerprint density at radius 2 is 1.89 bits per heavy atom. The van der Waals surface area contributed by atoms with Gasteiger partial charge in [-0.1, -0.05) is 12.1 Å². The van der Waals surface area contributed by atoms with Crippen LogP contribution in [-0.2, 0) is 6.42 Å². The molecule has 1 N–H and O–H groups in total. The van der Waals surface area contributed by atoms with E-state index in [2.05, 4.69) is 20.5 Å². The monoisotopic (exact) mass is 358 g/mol. The molecule has 0 unspecified atom stereocenters. The fourth-order valence-electron chi connectivity index (χ4n) is 2.49. The Kier molecular flexibility index (Phi) is 5.70. The minimum atomic E-state index is -0.406. The van der Waals surface area contributed by atoms with Crippen LogP contribution in [0.25, 0.3) is 0 Å². The van der Waals surface area contributed by atoms with E-state index in [1.165, 1.54) is 5.56 Å². The van der Waals surface area contributed by atoms with Gasteiger partial charge in [-0.3, -0.25) is 9.78 Å². The van der Waals surface area contributed by atoms with Crippen molar-refractivity contribution in [2.75, 3.05) is 23.8 Å². The number of nitrogens with zero attached hydrogens (tertiary/aromatic N) is 5. The summed E-state index contributed by atoms with van der Waals surface area (Å²) in [7, 11) is 1.92. The Bertz CT molecular complexity index is 950. The first-order chi connectivity index (χ1) is 13.2. The number of pyridine rings is 1. The number of para-hydroxylation sites is 1. The number of amides is 1. The van der Waals surface area contributed by atoms with E-state index in [-0.39, 0.29) is 5.69 Å². The van der Waals surface area contributed by atoms with Crippen LogP contribution in [0.15, 0.2) is 60.9 Å². The average molecular weight is 358 g/mol. The Morgan fingerprint density at radius 1 is 1.11 bits per heavy atom. The molecule has 7 nitrogen and oxygen atoms in total. The van der Waals surface area contributed by atoms with Crippen LogP contribution >= 0.6 is 0 Å². The van der Waals surface area contributed by atoms with Gasteiger partial charge in [0.25, 0.3) is 5.91 Å². The number of carbonyl (C=O) groups is 1. The standard InChI is InChI=1S/C20H18N6O/c1-26(13-10-15-8-11-22-12-9-15)19-7-6-18(24-25-19)20(27)23-17-5-3-2-4-16(17)14-21/h2-9,11-12H,10,13H2,1H3,(H,23,27). The van der Waals surface area contributed by atoms with Crippen LogP contribution in [-0.4, -0.2) is 34.7 Å². The van der Waals surface area contributed by atoms with Crippen molar-refractivity contribution in [3.05, 3.63) is 77.7 Å². The first kappa shape index (κ1) is 18.0. The Morgan fingerprint density at radius 3 is 2.59 bits per heavy atom. The molecule has 0 saturated heterocycles. The zero-order valence-electron chi connectivity index (χ0n) is 14.8. The average Bonchev–Trinajstić information content (AvgIpc) is 2.73. The van der Waals surface area contributed by atoms with Gasteiger partial charge in [-0.2, -0.15) is 5.26 Å². The third-order valence-corrected chi connectivity index (χ3v) is 4.06. The van der Waals surface area contributed by atoms with Gasteiger partial charge in [0.05, 0.1) is 11.3 Å². The fraction of sp³-hybridized carbons (Fsp3) is 0.150. The minimum Gasteiger partial charge on any atom is -0.358 e. The van der Waals surface area contributed by atoms with Crippen molar-refractivity contribution < 1.29 is 4.79 Å². The zero-order chi connectivity index (χ0) is 19.1. The summed E-state index contributed by atoms with van der Waals surface area (Å²) in [6, 6.07) is 16.2. The lowest BCUT2D eigenvalue weighted by molar-refractivity contribution is 0.102. The first-order valence-electron chi connectivity index (χ1n) is 8.41. The molecule has 0 fully saturated rings. The van der Waals surface area contributed by atoms with Gasteiger partial charge in [0.15, 0.2) is 11.5 Å². The maximum Gasteiger partial charge on any atom is 0.276 e. The highest BCUT2D eigenvalue weighted by molar-refractivity contribution is 6.03. The maximum absolute atomic E-state index is 12.3. The number of hydrogen-bond donors (Lipinski definition) is 1. The van der Waals surface area contributed by atoms with Gasteiger partial charge in [-0.05, 0) is 48.4 Å². The van der Waals surface area contributed by atoms with Crippen molar-refractivity contribution in [3.63, 3.8) is 0 Å². The van der Waals surface area contributed by atoms with E-state index in [0.29, 0.717) is 17.1 Å². The minimum absolute atomic E-state index is 0.189. The molecule has 1 amide bonds. The van der Waals surface area contributed by atoms with Crippen molar-refractivity contribution in [1.82, 2.24) is 15.2 Å². The van der Waals surface area contributed by atoms with Gasteiger partial charge in [-0.15, -0.1) is 10.2 Å². The highest BCUT2D eigenvalue weighted by Crippen LogP contribution is 2.15. The number of anilines is 2. The van der Waals surface area contributed by atoms with Crippen LogP contribution < -0.4 is 10.2 Å². The quantitative estimate of drug-likeness (QED) is 0.728. The van der Waals surface area contributed by atoms with Gasteiger partial charge in [0.2, 0.25) is 0 Å². The van der Waals surface area contributed by atoms with Gasteiger partial charge in [-0.25, -0.2) is 0 Å². The summed E-state index contributed by atoms with van der Waals surface area (Å²) in [4.78, 5) is 18.3. The fourth-order valence-corrected chi connectivity index (χ4v) is 2.49. The maximum atomic E-state index is 12.3. The third kappa shape index (κ3) is 4.64. The highest BCUT2D eigenvalue weighted by Gasteiger charge is 2.12. The lowest BCUT2D eigenvalue weighted by atomic mass is 10.2. The van der Waals surface area contributed by atoms with Gasteiger partial charge >= 0.3 is 0 Å².